The number of rotatable bonds is 10. The summed E-state index contributed by atoms with van der Waals surface area (Å²) in [5.74, 6) is -0.516. The van der Waals surface area contributed by atoms with E-state index in [1.165, 1.54) is 10.9 Å². The highest BCUT2D eigenvalue weighted by molar-refractivity contribution is 5.99. The summed E-state index contributed by atoms with van der Waals surface area (Å²) in [5.41, 5.74) is 4.75. The Kier molecular flexibility index (Phi) is 6.88. The predicted molar refractivity (Wildman–Crippen MR) is 112 cm³/mol. The number of hydrogen-bond donors (Lipinski definition) is 1. The Morgan fingerprint density at radius 1 is 1.17 bits per heavy atom. The molecule has 0 unspecified atom stereocenters. The van der Waals surface area contributed by atoms with Crippen LogP contribution in [-0.2, 0) is 27.2 Å². The summed E-state index contributed by atoms with van der Waals surface area (Å²) in [6.45, 7) is 4.90. The Labute approximate surface area is 170 Å². The molecule has 0 aliphatic rings. The first-order valence-electron chi connectivity index (χ1n) is 9.90. The number of ether oxygens (including phenoxy) is 2. The molecule has 0 aliphatic heterocycles. The van der Waals surface area contributed by atoms with E-state index in [-0.39, 0.29) is 18.4 Å². The number of carbonyl (C=O) groups is 2. The normalized spacial score (nSPS) is 11.1. The number of aromatic amines is 1. The molecule has 0 atom stereocenters. The van der Waals surface area contributed by atoms with E-state index in [0.29, 0.717) is 31.6 Å². The van der Waals surface area contributed by atoms with E-state index in [9.17, 15) is 9.59 Å². The number of aromatic nitrogens is 2. The number of fused-ring (bicyclic) bond motifs is 1. The molecular formula is C23H28N2O4. The second-order valence-electron chi connectivity index (χ2n) is 7.23. The number of nitrogens with one attached hydrogen (secondary N) is 1. The van der Waals surface area contributed by atoms with Crippen molar-refractivity contribution in [3.05, 3.63) is 59.0 Å². The van der Waals surface area contributed by atoms with Crippen LogP contribution in [0.5, 0.6) is 0 Å². The average Bonchev–Trinajstić information content (AvgIpc) is 3.25. The smallest absolute Gasteiger partial charge is 0.306 e. The third-order valence-corrected chi connectivity index (χ3v) is 5.26. The van der Waals surface area contributed by atoms with Gasteiger partial charge in [0.1, 0.15) is 0 Å². The summed E-state index contributed by atoms with van der Waals surface area (Å²) in [6.07, 6.45) is 3.74. The number of Topliss-reactive ketones (excluding diaryl/α,β-unsaturated/α-hetero) is 1. The van der Waals surface area contributed by atoms with E-state index in [1.54, 1.807) is 7.11 Å². The molecule has 3 aromatic rings. The molecule has 6 heteroatoms. The van der Waals surface area contributed by atoms with E-state index >= 15 is 0 Å². The summed E-state index contributed by atoms with van der Waals surface area (Å²) in [7, 11) is 1.65. The molecule has 0 radical (unpaired) electrons. The molecule has 1 N–H and O–H groups in total. The largest absolute Gasteiger partial charge is 0.457 e. The summed E-state index contributed by atoms with van der Waals surface area (Å²) < 4.78 is 12.4. The van der Waals surface area contributed by atoms with Gasteiger partial charge in [0.2, 0.25) is 5.78 Å². The lowest BCUT2D eigenvalue weighted by molar-refractivity contribution is -0.142. The number of para-hydroxylation sites is 1. The number of carbonyl (C=O) groups excluding carboxylic acids is 2. The number of H-pyrrole nitrogens is 1. The van der Waals surface area contributed by atoms with Crippen LogP contribution in [0, 0.1) is 13.8 Å². The van der Waals surface area contributed by atoms with Gasteiger partial charge in [0.15, 0.2) is 6.61 Å². The average molecular weight is 396 g/mol. The van der Waals surface area contributed by atoms with E-state index in [0.717, 1.165) is 23.3 Å². The van der Waals surface area contributed by atoms with Crippen molar-refractivity contribution in [3.8, 4) is 0 Å². The van der Waals surface area contributed by atoms with E-state index in [2.05, 4.69) is 11.1 Å². The lowest BCUT2D eigenvalue weighted by Gasteiger charge is -2.09. The SMILES string of the molecule is COCCn1c(C)cc(C(=O)COC(=O)CCCc2c[nH]c3ccccc23)c1C. The molecule has 2 heterocycles. The van der Waals surface area contributed by atoms with Gasteiger partial charge in [0, 0.05) is 54.1 Å². The van der Waals surface area contributed by atoms with Crippen molar-refractivity contribution in [3.63, 3.8) is 0 Å². The predicted octanol–water partition coefficient (Wildman–Crippen LogP) is 3.98. The lowest BCUT2D eigenvalue weighted by atomic mass is 10.1. The number of hydrogen-bond acceptors (Lipinski definition) is 4. The van der Waals surface area contributed by atoms with Gasteiger partial charge in [0.25, 0.3) is 0 Å². The summed E-state index contributed by atoms with van der Waals surface area (Å²) in [4.78, 5) is 27.8. The maximum atomic E-state index is 12.5. The zero-order valence-corrected chi connectivity index (χ0v) is 17.3. The van der Waals surface area contributed by atoms with Crippen LogP contribution in [0.1, 0.15) is 40.2 Å². The number of ketones is 1. The maximum Gasteiger partial charge on any atom is 0.306 e. The van der Waals surface area contributed by atoms with E-state index in [1.807, 2.05) is 48.9 Å². The highest BCUT2D eigenvalue weighted by Gasteiger charge is 2.17. The molecule has 0 aliphatic carbocycles. The molecule has 0 fully saturated rings. The third kappa shape index (κ3) is 4.95. The summed E-state index contributed by atoms with van der Waals surface area (Å²) in [5, 5.41) is 1.18. The van der Waals surface area contributed by atoms with Crippen molar-refractivity contribution in [2.24, 2.45) is 0 Å². The molecule has 0 saturated heterocycles. The Balaban J connectivity index is 1.47. The van der Waals surface area contributed by atoms with Crippen LogP contribution in [0.4, 0.5) is 0 Å². The van der Waals surface area contributed by atoms with Gasteiger partial charge in [-0.25, -0.2) is 0 Å². The maximum absolute atomic E-state index is 12.5. The Morgan fingerprint density at radius 3 is 2.76 bits per heavy atom. The quantitative estimate of drug-likeness (QED) is 0.416. The first-order chi connectivity index (χ1) is 14.0. The molecule has 0 bridgehead atoms. The number of esters is 1. The molecule has 29 heavy (non-hydrogen) atoms. The molecule has 0 saturated carbocycles. The Morgan fingerprint density at radius 2 is 1.97 bits per heavy atom. The molecule has 6 nitrogen and oxygen atoms in total. The zero-order valence-electron chi connectivity index (χ0n) is 17.3. The van der Waals surface area contributed by atoms with Gasteiger partial charge in [-0.3, -0.25) is 9.59 Å². The van der Waals surface area contributed by atoms with Crippen LogP contribution in [0.15, 0.2) is 36.5 Å². The van der Waals surface area contributed by atoms with Crippen molar-refractivity contribution in [1.29, 1.82) is 0 Å². The van der Waals surface area contributed by atoms with Crippen LogP contribution in [0.2, 0.25) is 0 Å². The molecule has 2 aromatic heterocycles. The van der Waals surface area contributed by atoms with Crippen LogP contribution in [0.3, 0.4) is 0 Å². The summed E-state index contributed by atoms with van der Waals surface area (Å²) in [6, 6.07) is 9.95. The topological polar surface area (TPSA) is 73.3 Å². The first kappa shape index (κ1) is 20.9. The fourth-order valence-electron chi connectivity index (χ4n) is 3.67. The van der Waals surface area contributed by atoms with Crippen LogP contribution < -0.4 is 0 Å². The lowest BCUT2D eigenvalue weighted by Crippen LogP contribution is -2.15. The standard InChI is InChI=1S/C23H28N2O4/c1-16-13-20(17(2)25(16)11-12-28-3)22(26)15-29-23(27)10-6-7-18-14-24-21-9-5-4-8-19(18)21/h4-5,8-9,13-14,24H,6-7,10-12,15H2,1-3H3. The highest BCUT2D eigenvalue weighted by Crippen LogP contribution is 2.20. The van der Waals surface area contributed by atoms with Crippen molar-refractivity contribution < 1.29 is 19.1 Å². The molecule has 0 spiro atoms. The third-order valence-electron chi connectivity index (χ3n) is 5.26. The van der Waals surface area contributed by atoms with Crippen molar-refractivity contribution in [2.45, 2.75) is 39.7 Å². The van der Waals surface area contributed by atoms with Crippen molar-refractivity contribution in [1.82, 2.24) is 9.55 Å². The number of benzene rings is 1. The minimum atomic E-state index is -0.341. The molecular weight excluding hydrogens is 368 g/mol. The van der Waals surface area contributed by atoms with E-state index < -0.39 is 0 Å². The fraction of sp³-hybridized carbons (Fsp3) is 0.391. The van der Waals surface area contributed by atoms with Gasteiger partial charge >= 0.3 is 5.97 Å². The van der Waals surface area contributed by atoms with Crippen molar-refractivity contribution >= 4 is 22.7 Å². The molecule has 3 rings (SSSR count). The van der Waals surface area contributed by atoms with Gasteiger partial charge < -0.3 is 19.0 Å². The van der Waals surface area contributed by atoms with Crippen molar-refractivity contribution in [2.75, 3.05) is 20.3 Å². The first-order valence-corrected chi connectivity index (χ1v) is 9.90. The molecule has 154 valence electrons. The zero-order chi connectivity index (χ0) is 20.8. The Bertz CT molecular complexity index is 1000. The number of methoxy groups -OCH3 is 1. The van der Waals surface area contributed by atoms with Crippen LogP contribution in [-0.4, -0.2) is 41.6 Å². The fourth-order valence-corrected chi connectivity index (χ4v) is 3.67. The second kappa shape index (κ2) is 9.56. The van der Waals surface area contributed by atoms with Crippen LogP contribution in [0.25, 0.3) is 10.9 Å². The molecule has 0 amide bonds. The molecule has 1 aromatic carbocycles. The highest BCUT2D eigenvalue weighted by atomic mass is 16.5. The monoisotopic (exact) mass is 396 g/mol. The number of nitrogens with zero attached hydrogens (tertiary/aromatic N) is 1. The van der Waals surface area contributed by atoms with Gasteiger partial charge in [-0.05, 0) is 44.4 Å². The number of aryl methyl sites for hydroxylation is 2. The Hall–Kier alpha value is -2.86. The minimum absolute atomic E-state index is 0.174. The van der Waals surface area contributed by atoms with Gasteiger partial charge in [0.05, 0.1) is 6.61 Å². The van der Waals surface area contributed by atoms with Crippen LogP contribution >= 0.6 is 0 Å². The van der Waals surface area contributed by atoms with E-state index in [4.69, 9.17) is 9.47 Å². The second-order valence-corrected chi connectivity index (χ2v) is 7.23. The van der Waals surface area contributed by atoms with Gasteiger partial charge in [-0.2, -0.15) is 0 Å². The van der Waals surface area contributed by atoms with Gasteiger partial charge in [-0.15, -0.1) is 0 Å². The van der Waals surface area contributed by atoms with Gasteiger partial charge in [-0.1, -0.05) is 18.2 Å². The summed E-state index contributed by atoms with van der Waals surface area (Å²) >= 11 is 0. The minimum Gasteiger partial charge on any atom is -0.457 e.